The number of ether oxygens (including phenoxy) is 2. The molecule has 0 spiro atoms. The number of nitrogens with zero attached hydrogens (tertiary/aromatic N) is 6. The van der Waals surface area contributed by atoms with E-state index in [0.29, 0.717) is 26.1 Å². The molecule has 166 valence electrons. The Bertz CT molecular complexity index is 713. The quantitative estimate of drug-likeness (QED) is 0.0846. The van der Waals surface area contributed by atoms with Crippen LogP contribution in [0.2, 0.25) is 18.1 Å². The zero-order valence-corrected chi connectivity index (χ0v) is 19.7. The second-order valence-corrected chi connectivity index (χ2v) is 13.5. The molecule has 1 aromatic carbocycles. The van der Waals surface area contributed by atoms with E-state index in [2.05, 4.69) is 53.9 Å². The van der Waals surface area contributed by atoms with E-state index in [-0.39, 0.29) is 24.4 Å². The van der Waals surface area contributed by atoms with Gasteiger partial charge in [0.2, 0.25) is 0 Å². The van der Waals surface area contributed by atoms with Crippen molar-refractivity contribution in [3.05, 3.63) is 56.8 Å². The first kappa shape index (κ1) is 26.0. The second kappa shape index (κ2) is 13.3. The Hall–Kier alpha value is -2.06. The molecule has 0 saturated carbocycles. The monoisotopic (exact) mass is 434 g/mol. The van der Waals surface area contributed by atoms with E-state index in [1.54, 1.807) is 0 Å². The van der Waals surface area contributed by atoms with Crippen molar-refractivity contribution in [3.63, 3.8) is 0 Å². The summed E-state index contributed by atoms with van der Waals surface area (Å²) in [7, 11) is -1.87. The molecule has 0 heterocycles. The summed E-state index contributed by atoms with van der Waals surface area (Å²) in [5, 5.41) is 7.62. The van der Waals surface area contributed by atoms with E-state index in [0.717, 1.165) is 5.56 Å². The van der Waals surface area contributed by atoms with Gasteiger partial charge in [0, 0.05) is 22.5 Å². The van der Waals surface area contributed by atoms with Crippen LogP contribution in [0.15, 0.2) is 40.6 Å². The third-order valence-electron chi connectivity index (χ3n) is 5.32. The van der Waals surface area contributed by atoms with Crippen LogP contribution in [0.25, 0.3) is 20.9 Å². The van der Waals surface area contributed by atoms with Crippen molar-refractivity contribution in [3.8, 4) is 0 Å². The smallest absolute Gasteiger partial charge is 0.191 e. The highest BCUT2D eigenvalue weighted by Crippen LogP contribution is 2.36. The van der Waals surface area contributed by atoms with Gasteiger partial charge in [-0.15, -0.1) is 0 Å². The Labute approximate surface area is 180 Å². The first-order chi connectivity index (χ1) is 14.2. The molecule has 0 bridgehead atoms. The lowest BCUT2D eigenvalue weighted by atomic mass is 10.1. The van der Waals surface area contributed by atoms with Crippen LogP contribution in [0.5, 0.6) is 0 Å². The predicted molar refractivity (Wildman–Crippen MR) is 120 cm³/mol. The van der Waals surface area contributed by atoms with Crippen LogP contribution in [-0.2, 0) is 20.5 Å². The van der Waals surface area contributed by atoms with Crippen LogP contribution in [0.3, 0.4) is 0 Å². The molecule has 0 amide bonds. The first-order valence-corrected chi connectivity index (χ1v) is 13.0. The minimum absolute atomic E-state index is 0.0595. The third-order valence-corrected chi connectivity index (χ3v) is 9.86. The molecule has 0 saturated heterocycles. The number of rotatable bonds is 14. The minimum Gasteiger partial charge on any atom is -0.417 e. The molecule has 30 heavy (non-hydrogen) atoms. The highest BCUT2D eigenvalue weighted by molar-refractivity contribution is 6.74. The summed E-state index contributed by atoms with van der Waals surface area (Å²) < 4.78 is 17.5. The van der Waals surface area contributed by atoms with Gasteiger partial charge in [-0.2, -0.15) is 0 Å². The molecule has 2 atom stereocenters. The highest BCUT2D eigenvalue weighted by Gasteiger charge is 2.37. The van der Waals surface area contributed by atoms with Gasteiger partial charge >= 0.3 is 0 Å². The van der Waals surface area contributed by atoms with Gasteiger partial charge in [-0.25, -0.2) is 0 Å². The van der Waals surface area contributed by atoms with Crippen LogP contribution in [0.1, 0.15) is 39.2 Å². The Morgan fingerprint density at radius 1 is 1.10 bits per heavy atom. The number of hydrogen-bond acceptors (Lipinski definition) is 5. The van der Waals surface area contributed by atoms with Crippen LogP contribution >= 0.6 is 0 Å². The lowest BCUT2D eigenvalue weighted by Crippen LogP contribution is -2.41. The van der Waals surface area contributed by atoms with Gasteiger partial charge in [0.25, 0.3) is 0 Å². The number of azide groups is 2. The average molecular weight is 435 g/mol. The molecule has 0 aliphatic carbocycles. The summed E-state index contributed by atoms with van der Waals surface area (Å²) in [6, 6.07) is 9.46. The number of benzene rings is 1. The van der Waals surface area contributed by atoms with E-state index in [4.69, 9.17) is 25.0 Å². The van der Waals surface area contributed by atoms with E-state index in [9.17, 15) is 0 Å². The van der Waals surface area contributed by atoms with Crippen LogP contribution in [0.4, 0.5) is 0 Å². The largest absolute Gasteiger partial charge is 0.417 e. The molecule has 10 heteroatoms. The van der Waals surface area contributed by atoms with E-state index >= 15 is 0 Å². The zero-order chi connectivity index (χ0) is 22.5. The van der Waals surface area contributed by atoms with Crippen molar-refractivity contribution in [2.24, 2.45) is 10.2 Å². The molecular weight excluding hydrogens is 400 g/mol. The van der Waals surface area contributed by atoms with Crippen molar-refractivity contribution in [2.75, 3.05) is 19.9 Å². The van der Waals surface area contributed by atoms with Gasteiger partial charge in [0.05, 0.1) is 19.3 Å². The summed E-state index contributed by atoms with van der Waals surface area (Å²) in [5.74, 6) is 0. The maximum Gasteiger partial charge on any atom is 0.191 e. The van der Waals surface area contributed by atoms with Gasteiger partial charge in [0.15, 0.2) is 8.32 Å². The molecule has 0 radical (unpaired) electrons. The summed E-state index contributed by atoms with van der Waals surface area (Å²) in [5.41, 5.74) is 18.6. The summed E-state index contributed by atoms with van der Waals surface area (Å²) >= 11 is 0. The van der Waals surface area contributed by atoms with Crippen molar-refractivity contribution in [2.45, 2.75) is 70.5 Å². The van der Waals surface area contributed by atoms with Crippen molar-refractivity contribution in [1.29, 1.82) is 0 Å². The van der Waals surface area contributed by atoms with Crippen molar-refractivity contribution in [1.82, 2.24) is 0 Å². The van der Waals surface area contributed by atoms with E-state index in [1.807, 2.05) is 30.3 Å². The Morgan fingerprint density at radius 3 is 2.40 bits per heavy atom. The topological polar surface area (TPSA) is 125 Å². The molecule has 0 fully saturated rings. The van der Waals surface area contributed by atoms with Gasteiger partial charge in [-0.05, 0) is 47.6 Å². The second-order valence-electron chi connectivity index (χ2n) is 8.65. The Kier molecular flexibility index (Phi) is 11.5. The lowest BCUT2D eigenvalue weighted by Gasteiger charge is -2.36. The van der Waals surface area contributed by atoms with Crippen LogP contribution < -0.4 is 0 Å². The van der Waals surface area contributed by atoms with Gasteiger partial charge in [-0.1, -0.05) is 61.3 Å². The standard InChI is InChI=1S/C20H34N6O3Si/c1-20(2,3)30(4,5)29-12-11-18(24-26-22)13-19(14-23-25-21)28-16-27-15-17-9-7-6-8-10-17/h6-10,18-19H,11-16H2,1-5H3/t18-,19+/m0/s1. The molecule has 0 N–H and O–H groups in total. The van der Waals surface area contributed by atoms with E-state index in [1.165, 1.54) is 0 Å². The molecule has 1 rings (SSSR count). The van der Waals surface area contributed by atoms with E-state index < -0.39 is 14.4 Å². The Balaban J connectivity index is 2.55. The highest BCUT2D eigenvalue weighted by atomic mass is 28.4. The van der Waals surface area contributed by atoms with Gasteiger partial charge < -0.3 is 13.9 Å². The fourth-order valence-electron chi connectivity index (χ4n) is 2.47. The maximum absolute atomic E-state index is 8.93. The summed E-state index contributed by atoms with van der Waals surface area (Å²) in [6.45, 7) is 12.1. The molecule has 0 aliphatic rings. The Morgan fingerprint density at radius 2 is 1.80 bits per heavy atom. The third kappa shape index (κ3) is 10.1. The fraction of sp³-hybridized carbons (Fsp3) is 0.700. The normalized spacial score (nSPS) is 13.8. The molecule has 9 nitrogen and oxygen atoms in total. The first-order valence-electron chi connectivity index (χ1n) is 10.1. The molecule has 0 aliphatic heterocycles. The van der Waals surface area contributed by atoms with Crippen molar-refractivity contribution >= 4 is 8.32 Å². The number of hydrogen-bond donors (Lipinski definition) is 0. The zero-order valence-electron chi connectivity index (χ0n) is 18.7. The predicted octanol–water partition coefficient (Wildman–Crippen LogP) is 6.34. The maximum atomic E-state index is 8.93. The van der Waals surface area contributed by atoms with Crippen molar-refractivity contribution < 1.29 is 13.9 Å². The molecular formula is C20H34N6O3Si. The van der Waals surface area contributed by atoms with Gasteiger partial charge in [-0.3, -0.25) is 0 Å². The lowest BCUT2D eigenvalue weighted by molar-refractivity contribution is -0.0962. The molecule has 0 unspecified atom stereocenters. The van der Waals surface area contributed by atoms with Crippen LogP contribution in [-0.4, -0.2) is 40.4 Å². The summed E-state index contributed by atoms with van der Waals surface area (Å²) in [6.07, 6.45) is 0.607. The van der Waals surface area contributed by atoms with Crippen LogP contribution in [0, 0.1) is 0 Å². The fourth-order valence-corrected chi connectivity index (χ4v) is 3.53. The minimum atomic E-state index is -1.87. The van der Waals surface area contributed by atoms with Gasteiger partial charge in [0.1, 0.15) is 6.79 Å². The average Bonchev–Trinajstić information content (AvgIpc) is 2.69. The SMILES string of the molecule is CC(C)(C)[Si](C)(C)OCC[C@@H](C[C@H](CN=[N+]=[N-])OCOCc1ccccc1)N=[N+]=[N-]. The molecule has 1 aromatic rings. The molecule has 0 aromatic heterocycles. The summed E-state index contributed by atoms with van der Waals surface area (Å²) in [4.78, 5) is 5.77.